The van der Waals surface area contributed by atoms with Gasteiger partial charge in [-0.1, -0.05) is 20.8 Å². The molecular weight excluding hydrogens is 288 g/mol. The lowest BCUT2D eigenvalue weighted by Crippen LogP contribution is -2.27. The van der Waals surface area contributed by atoms with Crippen molar-refractivity contribution in [3.63, 3.8) is 0 Å². The number of nitrogens with two attached hydrogens (primary N) is 1. The average Bonchev–Trinajstić information content (AvgIpc) is 3.04. The molecule has 5 nitrogen and oxygen atoms in total. The number of ether oxygens (including phenoxy) is 1. The molecule has 1 saturated heterocycles. The lowest BCUT2D eigenvalue weighted by Gasteiger charge is -2.15. The third-order valence-electron chi connectivity index (χ3n) is 3.58. The van der Waals surface area contributed by atoms with Gasteiger partial charge in [0, 0.05) is 18.7 Å². The third kappa shape index (κ3) is 5.93. The molecule has 0 bridgehead atoms. The lowest BCUT2D eigenvalue weighted by atomic mass is 10.2. The summed E-state index contributed by atoms with van der Waals surface area (Å²) >= 11 is 0. The van der Waals surface area contributed by atoms with E-state index in [1.165, 1.54) is 0 Å². The summed E-state index contributed by atoms with van der Waals surface area (Å²) in [6, 6.07) is 7.92. The smallest absolute Gasteiger partial charge is 0.125 e. The van der Waals surface area contributed by atoms with Crippen LogP contribution in [0.1, 0.15) is 46.1 Å². The second kappa shape index (κ2) is 9.87. The summed E-state index contributed by atoms with van der Waals surface area (Å²) in [5.74, 6) is 2.02. The molecule has 1 aromatic rings. The molecule has 0 saturated carbocycles. The van der Waals surface area contributed by atoms with E-state index in [9.17, 15) is 0 Å². The Hall–Kier alpha value is -2.04. The van der Waals surface area contributed by atoms with Gasteiger partial charge in [0.25, 0.3) is 0 Å². The fourth-order valence-corrected chi connectivity index (χ4v) is 2.36. The first-order valence-corrected chi connectivity index (χ1v) is 8.46. The summed E-state index contributed by atoms with van der Waals surface area (Å²) in [5, 5.41) is 7.64. The highest BCUT2D eigenvalue weighted by molar-refractivity contribution is 5.97. The van der Waals surface area contributed by atoms with Gasteiger partial charge in [-0.15, -0.1) is 0 Å². The van der Waals surface area contributed by atoms with Crippen LogP contribution in [0.3, 0.4) is 0 Å². The Labute approximate surface area is 140 Å². The highest BCUT2D eigenvalue weighted by Gasteiger charge is 2.22. The highest BCUT2D eigenvalue weighted by atomic mass is 16.5. The Kier molecular flexibility index (Phi) is 8.16. The molecule has 0 radical (unpaired) electrons. The zero-order valence-corrected chi connectivity index (χ0v) is 14.8. The fraction of sp³-hybridized carbons (Fsp3) is 0.556. The summed E-state index contributed by atoms with van der Waals surface area (Å²) < 4.78 is 5.55. The minimum absolute atomic E-state index is 0.182. The van der Waals surface area contributed by atoms with E-state index in [0.29, 0.717) is 11.7 Å². The third-order valence-corrected chi connectivity index (χ3v) is 3.58. The largest absolute Gasteiger partial charge is 0.494 e. The van der Waals surface area contributed by atoms with Gasteiger partial charge in [-0.25, -0.2) is 0 Å². The molecule has 0 aromatic heterocycles. The average molecular weight is 318 g/mol. The quantitative estimate of drug-likeness (QED) is 0.646. The zero-order valence-electron chi connectivity index (χ0n) is 14.8. The Morgan fingerprint density at radius 2 is 2.00 bits per heavy atom. The first kappa shape index (κ1) is 19.0. The van der Waals surface area contributed by atoms with Crippen LogP contribution in [0, 0.1) is 5.41 Å². The summed E-state index contributed by atoms with van der Waals surface area (Å²) in [7, 11) is 0. The van der Waals surface area contributed by atoms with E-state index in [1.54, 1.807) is 0 Å². The molecule has 0 unspecified atom stereocenters. The number of rotatable bonds is 5. The van der Waals surface area contributed by atoms with Gasteiger partial charge < -0.3 is 15.4 Å². The zero-order chi connectivity index (χ0) is 17.2. The van der Waals surface area contributed by atoms with E-state index in [-0.39, 0.29) is 6.04 Å². The van der Waals surface area contributed by atoms with Crippen LogP contribution >= 0.6 is 0 Å². The molecule has 2 rings (SSSR count). The van der Waals surface area contributed by atoms with Crippen molar-refractivity contribution in [3.8, 4) is 5.75 Å². The maximum atomic E-state index is 7.64. The van der Waals surface area contributed by atoms with Crippen LogP contribution in [0.25, 0.3) is 0 Å². The van der Waals surface area contributed by atoms with Crippen molar-refractivity contribution >= 4 is 11.7 Å². The molecule has 0 amide bonds. The Bertz CT molecular complexity index is 510. The predicted molar refractivity (Wildman–Crippen MR) is 97.7 cm³/mol. The number of hydrogen-bond acceptors (Lipinski definition) is 3. The number of amidine groups is 2. The van der Waals surface area contributed by atoms with Crippen LogP contribution in [0.2, 0.25) is 0 Å². The van der Waals surface area contributed by atoms with Gasteiger partial charge >= 0.3 is 0 Å². The second-order valence-corrected chi connectivity index (χ2v) is 5.36. The summed E-state index contributed by atoms with van der Waals surface area (Å²) in [6.45, 7) is 10.3. The second-order valence-electron chi connectivity index (χ2n) is 5.36. The van der Waals surface area contributed by atoms with Gasteiger partial charge in [-0.3, -0.25) is 10.4 Å². The molecule has 128 valence electrons. The number of benzene rings is 1. The molecule has 3 N–H and O–H groups in total. The van der Waals surface area contributed by atoms with Crippen LogP contribution in [-0.2, 0) is 0 Å². The summed E-state index contributed by atoms with van der Waals surface area (Å²) in [4.78, 5) is 6.62. The van der Waals surface area contributed by atoms with Crippen LogP contribution in [0.5, 0.6) is 5.75 Å². The van der Waals surface area contributed by atoms with Crippen molar-refractivity contribution in [2.75, 3.05) is 19.7 Å². The number of hydrogen-bond donors (Lipinski definition) is 2. The standard InChI is InChI=1S/C16H24N4O.C2H6/c1-3-10-21-15-6-4-13(5-7-15)16(18)19-14-8-9-20(11-14)12(2)17;1-2/h4-7,14,17H,3,8-11H2,1-2H3,(H2,18,19);1-2H3/t14-;/m0./s1. The lowest BCUT2D eigenvalue weighted by molar-refractivity contribution is 0.317. The van der Waals surface area contributed by atoms with Crippen molar-refractivity contribution in [1.82, 2.24) is 4.90 Å². The Morgan fingerprint density at radius 1 is 1.35 bits per heavy atom. The predicted octanol–water partition coefficient (Wildman–Crippen LogP) is 3.28. The molecule has 23 heavy (non-hydrogen) atoms. The number of likely N-dealkylation sites (tertiary alicyclic amines) is 1. The van der Waals surface area contributed by atoms with E-state index in [4.69, 9.17) is 15.9 Å². The Morgan fingerprint density at radius 3 is 2.52 bits per heavy atom. The minimum Gasteiger partial charge on any atom is -0.494 e. The molecule has 0 aliphatic carbocycles. The first-order chi connectivity index (χ1) is 11.1. The van der Waals surface area contributed by atoms with Gasteiger partial charge in [0.1, 0.15) is 11.6 Å². The monoisotopic (exact) mass is 318 g/mol. The maximum absolute atomic E-state index is 7.64. The van der Waals surface area contributed by atoms with Gasteiger partial charge in [-0.05, 0) is 44.0 Å². The molecule has 1 aromatic carbocycles. The first-order valence-electron chi connectivity index (χ1n) is 8.46. The minimum atomic E-state index is 0.182. The molecule has 1 fully saturated rings. The fourth-order valence-electron chi connectivity index (χ4n) is 2.36. The van der Waals surface area contributed by atoms with E-state index in [0.717, 1.165) is 43.9 Å². The SMILES string of the molecule is CC.CCCOc1ccc(C(N)=N[C@H]2CCN(C(C)=N)C2)cc1. The van der Waals surface area contributed by atoms with Gasteiger partial charge in [0.15, 0.2) is 0 Å². The van der Waals surface area contributed by atoms with Crippen LogP contribution in [0.4, 0.5) is 0 Å². The van der Waals surface area contributed by atoms with Gasteiger partial charge in [0.2, 0.25) is 0 Å². The van der Waals surface area contributed by atoms with Crippen LogP contribution in [-0.4, -0.2) is 42.3 Å². The summed E-state index contributed by atoms with van der Waals surface area (Å²) in [6.07, 6.45) is 1.95. The molecule has 1 heterocycles. The molecular formula is C18H30N4O. The molecule has 1 atom stereocenters. The van der Waals surface area contributed by atoms with Gasteiger partial charge in [0.05, 0.1) is 18.5 Å². The topological polar surface area (TPSA) is 74.7 Å². The molecule has 1 aliphatic rings. The van der Waals surface area contributed by atoms with Crippen molar-refractivity contribution in [2.24, 2.45) is 10.7 Å². The van der Waals surface area contributed by atoms with E-state index in [1.807, 2.05) is 49.9 Å². The number of nitrogens with zero attached hydrogens (tertiary/aromatic N) is 2. The van der Waals surface area contributed by atoms with E-state index < -0.39 is 0 Å². The van der Waals surface area contributed by atoms with Crippen molar-refractivity contribution in [3.05, 3.63) is 29.8 Å². The molecule has 1 aliphatic heterocycles. The van der Waals surface area contributed by atoms with Crippen LogP contribution in [0.15, 0.2) is 29.3 Å². The molecule has 0 spiro atoms. The number of nitrogens with one attached hydrogen (secondary N) is 1. The summed E-state index contributed by atoms with van der Waals surface area (Å²) in [5.41, 5.74) is 7.00. The van der Waals surface area contributed by atoms with E-state index in [2.05, 4.69) is 11.9 Å². The van der Waals surface area contributed by atoms with E-state index >= 15 is 0 Å². The van der Waals surface area contributed by atoms with Crippen molar-refractivity contribution in [2.45, 2.75) is 46.6 Å². The highest BCUT2D eigenvalue weighted by Crippen LogP contribution is 2.15. The van der Waals surface area contributed by atoms with Crippen molar-refractivity contribution < 1.29 is 4.74 Å². The Balaban J connectivity index is 0.00000127. The van der Waals surface area contributed by atoms with Crippen molar-refractivity contribution in [1.29, 1.82) is 5.41 Å². The van der Waals surface area contributed by atoms with Crippen LogP contribution < -0.4 is 10.5 Å². The molecule has 5 heteroatoms. The maximum Gasteiger partial charge on any atom is 0.125 e. The number of aliphatic imine (C=N–C) groups is 1. The normalized spacial score (nSPS) is 17.5. The van der Waals surface area contributed by atoms with Gasteiger partial charge in [-0.2, -0.15) is 0 Å².